The Morgan fingerprint density at radius 3 is 2.24 bits per heavy atom. The Bertz CT molecular complexity index is 631. The highest BCUT2D eigenvalue weighted by atomic mass is 16.5. The van der Waals surface area contributed by atoms with Crippen molar-refractivity contribution in [1.29, 1.82) is 0 Å². The fourth-order valence-corrected chi connectivity index (χ4v) is 3.70. The summed E-state index contributed by atoms with van der Waals surface area (Å²) in [7, 11) is 2.49. The van der Waals surface area contributed by atoms with E-state index >= 15 is 0 Å². The van der Waals surface area contributed by atoms with Crippen molar-refractivity contribution in [1.82, 2.24) is 0 Å². The van der Waals surface area contributed by atoms with Crippen LogP contribution in [0.25, 0.3) is 6.08 Å². The Balaban J connectivity index is 2.40. The molecule has 0 unspecified atom stereocenters. The van der Waals surface area contributed by atoms with Crippen molar-refractivity contribution < 1.29 is 24.2 Å². The van der Waals surface area contributed by atoms with E-state index in [2.05, 4.69) is 0 Å². The molecule has 0 radical (unpaired) electrons. The van der Waals surface area contributed by atoms with E-state index in [1.165, 1.54) is 14.2 Å². The summed E-state index contributed by atoms with van der Waals surface area (Å²) in [5, 5.41) is 10.9. The van der Waals surface area contributed by atoms with Crippen molar-refractivity contribution in [2.75, 3.05) is 14.2 Å². The van der Waals surface area contributed by atoms with Gasteiger partial charge >= 0.3 is 11.9 Å². The summed E-state index contributed by atoms with van der Waals surface area (Å²) in [4.78, 5) is 24.9. The fraction of sp³-hybridized carbons (Fsp3) is 0.500. The van der Waals surface area contributed by atoms with Gasteiger partial charge in [0.1, 0.15) is 0 Å². The predicted molar refractivity (Wildman–Crippen MR) is 94.5 cm³/mol. The Labute approximate surface area is 148 Å². The number of rotatable bonds is 4. The summed E-state index contributed by atoms with van der Waals surface area (Å²) in [5.41, 5.74) is -1.68. The quantitative estimate of drug-likeness (QED) is 0.670. The average Bonchev–Trinajstić information content (AvgIpc) is 2.62. The van der Waals surface area contributed by atoms with Crippen molar-refractivity contribution in [3.8, 4) is 0 Å². The molecule has 1 fully saturated rings. The van der Waals surface area contributed by atoms with Gasteiger partial charge in [-0.05, 0) is 30.7 Å². The van der Waals surface area contributed by atoms with Gasteiger partial charge in [-0.1, -0.05) is 49.4 Å². The SMILES string of the molecule is COC(=O)C1(C(=O)OC)C[C@@H](/C=C/c2ccccc2)[C@@H](C)[C@](C)(O)C1. The minimum absolute atomic E-state index is 0.0177. The Kier molecular flexibility index (Phi) is 5.68. The van der Waals surface area contributed by atoms with E-state index in [1.807, 2.05) is 49.4 Å². The molecule has 136 valence electrons. The lowest BCUT2D eigenvalue weighted by atomic mass is 9.59. The Morgan fingerprint density at radius 1 is 1.16 bits per heavy atom. The largest absolute Gasteiger partial charge is 0.468 e. The van der Waals surface area contributed by atoms with Crippen molar-refractivity contribution >= 4 is 18.0 Å². The molecular weight excluding hydrogens is 320 g/mol. The lowest BCUT2D eigenvalue weighted by molar-refractivity contribution is -0.185. The molecule has 1 aliphatic rings. The number of aliphatic hydroxyl groups is 1. The molecule has 5 nitrogen and oxygen atoms in total. The molecule has 0 saturated heterocycles. The topological polar surface area (TPSA) is 72.8 Å². The van der Waals surface area contributed by atoms with Gasteiger partial charge in [-0.25, -0.2) is 0 Å². The molecule has 1 saturated carbocycles. The number of carbonyl (C=O) groups is 2. The van der Waals surface area contributed by atoms with Crippen LogP contribution in [-0.2, 0) is 19.1 Å². The average molecular weight is 346 g/mol. The lowest BCUT2D eigenvalue weighted by Crippen LogP contribution is -2.55. The van der Waals surface area contributed by atoms with Gasteiger partial charge in [0.25, 0.3) is 0 Å². The first-order valence-corrected chi connectivity index (χ1v) is 8.39. The molecular formula is C20H26O5. The molecule has 0 amide bonds. The molecule has 3 atom stereocenters. The normalized spacial score (nSPS) is 28.5. The van der Waals surface area contributed by atoms with Crippen LogP contribution in [0.2, 0.25) is 0 Å². The molecule has 2 rings (SSSR count). The summed E-state index contributed by atoms with van der Waals surface area (Å²) in [6, 6.07) is 9.75. The van der Waals surface area contributed by atoms with Gasteiger partial charge in [0.05, 0.1) is 19.8 Å². The van der Waals surface area contributed by atoms with Crippen LogP contribution >= 0.6 is 0 Å². The van der Waals surface area contributed by atoms with Crippen molar-refractivity contribution in [2.24, 2.45) is 17.3 Å². The molecule has 5 heteroatoms. The van der Waals surface area contributed by atoms with Crippen LogP contribution in [0.4, 0.5) is 0 Å². The number of hydrogen-bond donors (Lipinski definition) is 1. The van der Waals surface area contributed by atoms with E-state index in [0.717, 1.165) is 5.56 Å². The number of allylic oxidation sites excluding steroid dienone is 1. The molecule has 1 N–H and O–H groups in total. The van der Waals surface area contributed by atoms with Crippen LogP contribution in [0.1, 0.15) is 32.3 Å². The maximum Gasteiger partial charge on any atom is 0.323 e. The maximum atomic E-state index is 12.4. The van der Waals surface area contributed by atoms with Crippen molar-refractivity contribution in [2.45, 2.75) is 32.3 Å². The van der Waals surface area contributed by atoms with Gasteiger partial charge in [0, 0.05) is 6.42 Å². The zero-order valence-electron chi connectivity index (χ0n) is 15.2. The van der Waals surface area contributed by atoms with E-state index in [0.29, 0.717) is 0 Å². The number of ether oxygens (including phenoxy) is 2. The summed E-state index contributed by atoms with van der Waals surface area (Å²) in [6.45, 7) is 3.58. The van der Waals surface area contributed by atoms with E-state index in [9.17, 15) is 14.7 Å². The zero-order valence-corrected chi connectivity index (χ0v) is 15.2. The van der Waals surface area contributed by atoms with E-state index in [1.54, 1.807) is 6.92 Å². The number of benzene rings is 1. The molecule has 0 aromatic heterocycles. The lowest BCUT2D eigenvalue weighted by Gasteiger charge is -2.47. The fourth-order valence-electron chi connectivity index (χ4n) is 3.70. The standard InChI is InChI=1S/C20H26O5/c1-14-16(11-10-15-8-6-5-7-9-15)12-20(17(21)24-3,18(22)25-4)13-19(14,2)23/h5-11,14,16,23H,12-13H2,1-4H3/b11-10+/t14-,16-,19-/m1/s1. The second-order valence-electron chi connectivity index (χ2n) is 7.03. The third kappa shape index (κ3) is 3.76. The number of hydrogen-bond acceptors (Lipinski definition) is 5. The van der Waals surface area contributed by atoms with Gasteiger partial charge < -0.3 is 14.6 Å². The Morgan fingerprint density at radius 2 is 1.72 bits per heavy atom. The predicted octanol–water partition coefficient (Wildman–Crippen LogP) is 2.83. The molecule has 0 spiro atoms. The summed E-state index contributed by atoms with van der Waals surface area (Å²) >= 11 is 0. The highest BCUT2D eigenvalue weighted by molar-refractivity contribution is 6.00. The number of esters is 2. The van der Waals surface area contributed by atoms with Gasteiger partial charge in [-0.3, -0.25) is 9.59 Å². The first kappa shape index (κ1) is 19.2. The molecule has 0 aliphatic heterocycles. The van der Waals surface area contributed by atoms with Crippen LogP contribution in [0.3, 0.4) is 0 Å². The van der Waals surface area contributed by atoms with E-state index in [-0.39, 0.29) is 24.7 Å². The van der Waals surface area contributed by atoms with Gasteiger partial charge in [0.15, 0.2) is 5.41 Å². The molecule has 1 aromatic carbocycles. The third-order valence-electron chi connectivity index (χ3n) is 5.35. The second-order valence-corrected chi connectivity index (χ2v) is 7.03. The second kappa shape index (κ2) is 7.40. The first-order valence-electron chi connectivity index (χ1n) is 8.39. The van der Waals surface area contributed by atoms with Crippen LogP contribution in [-0.4, -0.2) is 36.9 Å². The van der Waals surface area contributed by atoms with Crippen LogP contribution in [0.5, 0.6) is 0 Å². The minimum atomic E-state index is -1.49. The number of methoxy groups -OCH3 is 2. The maximum absolute atomic E-state index is 12.4. The summed E-state index contributed by atoms with van der Waals surface area (Å²) in [5.74, 6) is -1.63. The van der Waals surface area contributed by atoms with Crippen LogP contribution in [0, 0.1) is 17.3 Å². The summed E-state index contributed by atoms with van der Waals surface area (Å²) in [6.07, 6.45) is 4.12. The third-order valence-corrected chi connectivity index (χ3v) is 5.35. The van der Waals surface area contributed by atoms with Crippen molar-refractivity contribution in [3.63, 3.8) is 0 Å². The van der Waals surface area contributed by atoms with Gasteiger partial charge in [-0.15, -0.1) is 0 Å². The Hall–Kier alpha value is -2.14. The number of carbonyl (C=O) groups excluding carboxylic acids is 2. The molecule has 1 aromatic rings. The zero-order chi connectivity index (χ0) is 18.7. The van der Waals surface area contributed by atoms with E-state index < -0.39 is 23.0 Å². The monoisotopic (exact) mass is 346 g/mol. The molecule has 0 heterocycles. The highest BCUT2D eigenvalue weighted by Gasteiger charge is 2.58. The minimum Gasteiger partial charge on any atom is -0.468 e. The molecule has 0 bridgehead atoms. The van der Waals surface area contributed by atoms with Gasteiger partial charge in [0.2, 0.25) is 0 Å². The summed E-state index contributed by atoms with van der Waals surface area (Å²) < 4.78 is 9.76. The van der Waals surface area contributed by atoms with Crippen LogP contribution in [0.15, 0.2) is 36.4 Å². The van der Waals surface area contributed by atoms with E-state index in [4.69, 9.17) is 9.47 Å². The smallest absolute Gasteiger partial charge is 0.323 e. The molecule has 1 aliphatic carbocycles. The van der Waals surface area contributed by atoms with Crippen molar-refractivity contribution in [3.05, 3.63) is 42.0 Å². The molecule has 25 heavy (non-hydrogen) atoms. The van der Waals surface area contributed by atoms with Crippen LogP contribution < -0.4 is 0 Å². The van der Waals surface area contributed by atoms with Gasteiger partial charge in [-0.2, -0.15) is 0 Å². The highest BCUT2D eigenvalue weighted by Crippen LogP contribution is 2.49. The first-order chi connectivity index (χ1) is 11.8.